The Morgan fingerprint density at radius 1 is 1.10 bits per heavy atom. The molecule has 0 aliphatic carbocycles. The molecule has 1 aliphatic heterocycles. The van der Waals surface area contributed by atoms with Gasteiger partial charge in [0.2, 0.25) is 5.91 Å². The molecule has 40 heavy (non-hydrogen) atoms. The maximum atomic E-state index is 13.4. The minimum Gasteiger partial charge on any atom is -0.466 e. The van der Waals surface area contributed by atoms with E-state index in [0.29, 0.717) is 54.4 Å². The number of unbranched alkanes of at least 4 members (excludes halogenated alkanes) is 2. The summed E-state index contributed by atoms with van der Waals surface area (Å²) in [5.74, 6) is 0.0872. The Balaban J connectivity index is 1.37. The number of piperidine rings is 1. The highest BCUT2D eigenvalue weighted by molar-refractivity contribution is 7.99. The highest BCUT2D eigenvalue weighted by atomic mass is 32.2. The molecule has 0 radical (unpaired) electrons. The molecular formula is C29H32F3N3O4S. The normalized spacial score (nSPS) is 15.8. The number of hydrogen-bond donors (Lipinski definition) is 0. The molecule has 1 amide bonds. The lowest BCUT2D eigenvalue weighted by Gasteiger charge is -2.31. The molecule has 3 aromatic rings. The topological polar surface area (TPSA) is 81.5 Å². The molecular weight excluding hydrogens is 543 g/mol. The molecule has 0 saturated carbocycles. The molecule has 1 aromatic heterocycles. The summed E-state index contributed by atoms with van der Waals surface area (Å²) in [6.07, 6.45) is -0.492. The number of benzene rings is 2. The number of fused-ring (bicyclic) bond motifs is 1. The highest BCUT2D eigenvalue weighted by Gasteiger charge is 2.31. The summed E-state index contributed by atoms with van der Waals surface area (Å²) in [6.45, 7) is 3.13. The molecule has 11 heteroatoms. The zero-order valence-electron chi connectivity index (χ0n) is 22.3. The lowest BCUT2D eigenvalue weighted by molar-refractivity contribution is -0.151. The number of para-hydroxylation sites is 1. The number of hydrogen-bond acceptors (Lipinski definition) is 6. The second-order valence-electron chi connectivity index (χ2n) is 9.69. The molecule has 2 aromatic carbocycles. The first-order valence-corrected chi connectivity index (χ1v) is 14.4. The van der Waals surface area contributed by atoms with Gasteiger partial charge in [-0.3, -0.25) is 19.0 Å². The Morgan fingerprint density at radius 2 is 1.90 bits per heavy atom. The second kappa shape index (κ2) is 13.3. The van der Waals surface area contributed by atoms with Gasteiger partial charge in [-0.15, -0.1) is 0 Å². The van der Waals surface area contributed by atoms with Crippen LogP contribution in [0, 0.1) is 5.92 Å². The SMILES string of the molecule is CCOC(=O)C1CCCN(C(=O)CCCCCSc2nc3ccccc3c(=O)n2-c2cccc(C(F)(F)F)c2)C1. The number of esters is 1. The van der Waals surface area contributed by atoms with Crippen LogP contribution in [0.4, 0.5) is 13.2 Å². The fourth-order valence-corrected chi connectivity index (χ4v) is 5.80. The van der Waals surface area contributed by atoms with Crippen molar-refractivity contribution in [2.75, 3.05) is 25.4 Å². The van der Waals surface area contributed by atoms with Crippen LogP contribution in [-0.4, -0.2) is 51.8 Å². The summed E-state index contributed by atoms with van der Waals surface area (Å²) in [5.41, 5.74) is -0.686. The van der Waals surface area contributed by atoms with Gasteiger partial charge in [0, 0.05) is 25.3 Å². The van der Waals surface area contributed by atoms with Crippen LogP contribution in [0.1, 0.15) is 51.0 Å². The van der Waals surface area contributed by atoms with Gasteiger partial charge in [0.05, 0.1) is 34.7 Å². The highest BCUT2D eigenvalue weighted by Crippen LogP contribution is 2.31. The number of halogens is 3. The number of nitrogens with zero attached hydrogens (tertiary/aromatic N) is 3. The summed E-state index contributed by atoms with van der Waals surface area (Å²) in [5, 5.41) is 0.642. The molecule has 1 atom stereocenters. The van der Waals surface area contributed by atoms with Crippen LogP contribution in [0.3, 0.4) is 0 Å². The van der Waals surface area contributed by atoms with E-state index < -0.39 is 17.3 Å². The second-order valence-corrected chi connectivity index (χ2v) is 10.8. The van der Waals surface area contributed by atoms with Gasteiger partial charge in [-0.1, -0.05) is 36.4 Å². The van der Waals surface area contributed by atoms with Crippen molar-refractivity contribution >= 4 is 34.5 Å². The van der Waals surface area contributed by atoms with Crippen LogP contribution < -0.4 is 5.56 Å². The minimum atomic E-state index is -4.54. The van der Waals surface area contributed by atoms with Gasteiger partial charge in [0.25, 0.3) is 5.56 Å². The number of likely N-dealkylation sites (tertiary alicyclic amines) is 1. The predicted molar refractivity (Wildman–Crippen MR) is 147 cm³/mol. The van der Waals surface area contributed by atoms with Crippen LogP contribution in [0.5, 0.6) is 0 Å². The Bertz CT molecular complexity index is 1410. The largest absolute Gasteiger partial charge is 0.466 e. The molecule has 1 saturated heterocycles. The monoisotopic (exact) mass is 575 g/mol. The molecule has 0 bridgehead atoms. The lowest BCUT2D eigenvalue weighted by atomic mass is 9.97. The van der Waals surface area contributed by atoms with Gasteiger partial charge in [-0.05, 0) is 62.9 Å². The van der Waals surface area contributed by atoms with E-state index in [1.807, 2.05) is 0 Å². The summed E-state index contributed by atoms with van der Waals surface area (Å²) >= 11 is 1.30. The lowest BCUT2D eigenvalue weighted by Crippen LogP contribution is -2.42. The van der Waals surface area contributed by atoms with Gasteiger partial charge in [0.15, 0.2) is 5.16 Å². The molecule has 1 fully saturated rings. The van der Waals surface area contributed by atoms with Crippen molar-refractivity contribution in [3.8, 4) is 5.69 Å². The van der Waals surface area contributed by atoms with Gasteiger partial charge >= 0.3 is 12.1 Å². The number of carbonyl (C=O) groups excluding carboxylic acids is 2. The number of carbonyl (C=O) groups is 2. The maximum Gasteiger partial charge on any atom is 0.416 e. The standard InChI is InChI=1S/C29H32F3N3O4S/c1-2-39-27(38)20-10-9-16-34(19-20)25(36)15-4-3-7-17-40-28-33-24-14-6-5-13-23(24)26(37)35(28)22-12-8-11-21(18-22)29(30,31)32/h5-6,8,11-14,18,20H,2-4,7,9-10,15-17,19H2,1H3. The van der Waals surface area contributed by atoms with Crippen LogP contribution in [0.2, 0.25) is 0 Å². The molecule has 2 heterocycles. The van der Waals surface area contributed by atoms with Crippen molar-refractivity contribution in [3.05, 3.63) is 64.4 Å². The van der Waals surface area contributed by atoms with E-state index in [2.05, 4.69) is 4.98 Å². The van der Waals surface area contributed by atoms with E-state index in [4.69, 9.17) is 4.74 Å². The molecule has 4 rings (SSSR count). The Labute approximate surface area is 234 Å². The minimum absolute atomic E-state index is 0.0243. The number of thioether (sulfide) groups is 1. The van der Waals surface area contributed by atoms with E-state index in [1.54, 1.807) is 36.1 Å². The van der Waals surface area contributed by atoms with E-state index in [9.17, 15) is 27.6 Å². The molecule has 7 nitrogen and oxygen atoms in total. The van der Waals surface area contributed by atoms with Crippen molar-refractivity contribution in [2.24, 2.45) is 5.92 Å². The quantitative estimate of drug-likeness (QED) is 0.130. The summed E-state index contributed by atoms with van der Waals surface area (Å²) in [7, 11) is 0. The predicted octanol–water partition coefficient (Wildman–Crippen LogP) is 5.86. The Morgan fingerprint density at radius 3 is 2.67 bits per heavy atom. The fourth-order valence-electron chi connectivity index (χ4n) is 4.79. The molecule has 0 N–H and O–H groups in total. The van der Waals surface area contributed by atoms with Crippen molar-refractivity contribution < 1.29 is 27.5 Å². The van der Waals surface area contributed by atoms with Gasteiger partial charge in [-0.25, -0.2) is 4.98 Å². The van der Waals surface area contributed by atoms with Crippen LogP contribution >= 0.6 is 11.8 Å². The van der Waals surface area contributed by atoms with Crippen LogP contribution in [0.15, 0.2) is 58.5 Å². The van der Waals surface area contributed by atoms with Crippen LogP contribution in [0.25, 0.3) is 16.6 Å². The average molecular weight is 576 g/mol. The van der Waals surface area contributed by atoms with E-state index in [0.717, 1.165) is 37.8 Å². The third-order valence-corrected chi connectivity index (χ3v) is 7.86. The third kappa shape index (κ3) is 7.24. The smallest absolute Gasteiger partial charge is 0.416 e. The first kappa shape index (κ1) is 29.6. The Hall–Kier alpha value is -3.34. The number of aromatic nitrogens is 2. The van der Waals surface area contributed by atoms with E-state index in [-0.39, 0.29) is 23.5 Å². The van der Waals surface area contributed by atoms with Crippen molar-refractivity contribution in [3.63, 3.8) is 0 Å². The van der Waals surface area contributed by atoms with Gasteiger partial charge in [0.1, 0.15) is 0 Å². The Kier molecular flexibility index (Phi) is 9.89. The third-order valence-electron chi connectivity index (χ3n) is 6.84. The molecule has 214 valence electrons. The van der Waals surface area contributed by atoms with Crippen molar-refractivity contribution in [2.45, 2.75) is 56.8 Å². The van der Waals surface area contributed by atoms with Gasteiger partial charge < -0.3 is 9.64 Å². The molecule has 0 spiro atoms. The van der Waals surface area contributed by atoms with Crippen molar-refractivity contribution in [1.82, 2.24) is 14.5 Å². The molecule has 1 aliphatic rings. The first-order valence-electron chi connectivity index (χ1n) is 13.5. The number of ether oxygens (including phenoxy) is 1. The maximum absolute atomic E-state index is 13.4. The number of alkyl halides is 3. The summed E-state index contributed by atoms with van der Waals surface area (Å²) in [4.78, 5) is 44.4. The van der Waals surface area contributed by atoms with Crippen LogP contribution in [-0.2, 0) is 20.5 Å². The first-order chi connectivity index (χ1) is 19.2. The average Bonchev–Trinajstić information content (AvgIpc) is 2.94. The molecule has 1 unspecified atom stereocenters. The summed E-state index contributed by atoms with van der Waals surface area (Å²) in [6, 6.07) is 11.4. The zero-order chi connectivity index (χ0) is 28.7. The fraction of sp³-hybridized carbons (Fsp3) is 0.448. The number of amides is 1. The number of rotatable bonds is 10. The van der Waals surface area contributed by atoms with E-state index >= 15 is 0 Å². The van der Waals surface area contributed by atoms with E-state index in [1.165, 1.54) is 28.5 Å². The summed E-state index contributed by atoms with van der Waals surface area (Å²) < 4.78 is 46.4. The zero-order valence-corrected chi connectivity index (χ0v) is 23.1. The van der Waals surface area contributed by atoms with Crippen molar-refractivity contribution in [1.29, 1.82) is 0 Å². The van der Waals surface area contributed by atoms with Gasteiger partial charge in [-0.2, -0.15) is 13.2 Å².